The van der Waals surface area contributed by atoms with Crippen molar-refractivity contribution in [3.8, 4) is 11.5 Å². The molecule has 0 aliphatic carbocycles. The number of hydrogen-bond acceptors (Lipinski definition) is 8. The third kappa shape index (κ3) is 6.18. The lowest BCUT2D eigenvalue weighted by Crippen LogP contribution is -2.55. The number of halogens is 4. The van der Waals surface area contributed by atoms with Crippen molar-refractivity contribution >= 4 is 29.0 Å². The highest BCUT2D eigenvalue weighted by atomic mass is 19.4. The Morgan fingerprint density at radius 3 is 2.35 bits per heavy atom. The van der Waals surface area contributed by atoms with Crippen molar-refractivity contribution in [3.63, 3.8) is 0 Å². The first kappa shape index (κ1) is 30.0. The van der Waals surface area contributed by atoms with Crippen LogP contribution in [-0.4, -0.2) is 63.8 Å². The summed E-state index contributed by atoms with van der Waals surface area (Å²) < 4.78 is 73.2. The highest BCUT2D eigenvalue weighted by Crippen LogP contribution is 2.46. The topological polar surface area (TPSA) is 66.8 Å². The van der Waals surface area contributed by atoms with Crippen LogP contribution in [0, 0.1) is 5.82 Å². The van der Waals surface area contributed by atoms with Gasteiger partial charge >= 0.3 is 12.1 Å². The van der Waals surface area contributed by atoms with Crippen molar-refractivity contribution in [1.82, 2.24) is 4.90 Å². The van der Waals surface area contributed by atoms with Crippen LogP contribution in [0.3, 0.4) is 0 Å². The van der Waals surface area contributed by atoms with Gasteiger partial charge in [-0.25, -0.2) is 9.38 Å². The molecule has 0 amide bonds. The number of ether oxygens (including phenoxy) is 3. The number of piperazine rings is 1. The molecule has 228 valence electrons. The third-order valence-corrected chi connectivity index (χ3v) is 7.53. The molecule has 0 radical (unpaired) electrons. The van der Waals surface area contributed by atoms with Gasteiger partial charge in [-0.15, -0.1) is 0 Å². The number of alkyl halides is 3. The van der Waals surface area contributed by atoms with Gasteiger partial charge in [0.2, 0.25) is 5.96 Å². The summed E-state index contributed by atoms with van der Waals surface area (Å²) in [5.74, 6) is -0.107. The van der Waals surface area contributed by atoms with E-state index in [1.807, 2.05) is 29.2 Å². The first-order chi connectivity index (χ1) is 20.6. The first-order valence-corrected chi connectivity index (χ1v) is 13.9. The standard InChI is InChI=1S/C31H32F4N4O4/c1-4-43-28(40)19-25-23-9-6-10-24(32)29(23)36-30(39(25)26-17-20(31(33,34)35)11-12-27(26)42-3)38-15-13-37(14-16-38)21-7-5-8-22(18-21)41-2/h5-12,17-18,25H,4,13-16,19H2,1-3H3. The van der Waals surface area contributed by atoms with Crippen molar-refractivity contribution in [1.29, 1.82) is 0 Å². The number of carbonyl (C=O) groups excluding carboxylic acids is 1. The molecule has 12 heteroatoms. The van der Waals surface area contributed by atoms with E-state index < -0.39 is 29.6 Å². The molecule has 2 heterocycles. The molecule has 43 heavy (non-hydrogen) atoms. The molecule has 2 aliphatic rings. The zero-order valence-electron chi connectivity index (χ0n) is 24.0. The molecule has 0 aromatic heterocycles. The van der Waals surface area contributed by atoms with E-state index in [4.69, 9.17) is 14.2 Å². The van der Waals surface area contributed by atoms with Gasteiger partial charge in [-0.1, -0.05) is 18.2 Å². The number of guanidine groups is 1. The van der Waals surface area contributed by atoms with Crippen LogP contribution in [0.15, 0.2) is 65.7 Å². The maximum atomic E-state index is 15.3. The molecule has 0 saturated carbocycles. The number of aliphatic imine (C=N–C) groups is 1. The fraction of sp³-hybridized carbons (Fsp3) is 0.355. The number of para-hydroxylation sites is 1. The van der Waals surface area contributed by atoms with Gasteiger partial charge in [-0.2, -0.15) is 13.2 Å². The molecule has 3 aromatic rings. The minimum absolute atomic E-state index is 0.0317. The van der Waals surface area contributed by atoms with Gasteiger partial charge in [-0.05, 0) is 43.3 Å². The average molecular weight is 601 g/mol. The Kier molecular flexibility index (Phi) is 8.65. The summed E-state index contributed by atoms with van der Waals surface area (Å²) in [7, 11) is 2.95. The normalized spacial score (nSPS) is 16.9. The highest BCUT2D eigenvalue weighted by molar-refractivity contribution is 6.02. The van der Waals surface area contributed by atoms with Crippen molar-refractivity contribution in [3.05, 3.63) is 77.6 Å². The maximum Gasteiger partial charge on any atom is 0.416 e. The zero-order chi connectivity index (χ0) is 30.7. The van der Waals surface area contributed by atoms with E-state index in [1.54, 1.807) is 25.0 Å². The lowest BCUT2D eigenvalue weighted by Gasteiger charge is -2.45. The van der Waals surface area contributed by atoms with E-state index in [2.05, 4.69) is 9.89 Å². The molecular weight excluding hydrogens is 568 g/mol. The smallest absolute Gasteiger partial charge is 0.416 e. The summed E-state index contributed by atoms with van der Waals surface area (Å²) in [6.45, 7) is 3.71. The molecule has 8 nitrogen and oxygen atoms in total. The molecule has 2 aliphatic heterocycles. The Morgan fingerprint density at radius 1 is 0.953 bits per heavy atom. The van der Waals surface area contributed by atoms with Crippen LogP contribution in [-0.2, 0) is 15.7 Å². The van der Waals surface area contributed by atoms with Gasteiger partial charge < -0.3 is 28.9 Å². The summed E-state index contributed by atoms with van der Waals surface area (Å²) in [6.07, 6.45) is -4.90. The van der Waals surface area contributed by atoms with Gasteiger partial charge in [0.1, 0.15) is 23.0 Å². The Morgan fingerprint density at radius 2 is 1.67 bits per heavy atom. The summed E-state index contributed by atoms with van der Waals surface area (Å²) in [6, 6.07) is 14.2. The van der Waals surface area contributed by atoms with Crippen molar-refractivity contribution < 1.29 is 36.6 Å². The molecular formula is C31H32F4N4O4. The van der Waals surface area contributed by atoms with Crippen LogP contribution in [0.25, 0.3) is 0 Å². The lowest BCUT2D eigenvalue weighted by atomic mass is 9.96. The van der Waals surface area contributed by atoms with Crippen LogP contribution in [0.2, 0.25) is 0 Å². The Balaban J connectivity index is 1.61. The third-order valence-electron chi connectivity index (χ3n) is 7.53. The lowest BCUT2D eigenvalue weighted by molar-refractivity contribution is -0.143. The van der Waals surface area contributed by atoms with Crippen LogP contribution in [0.5, 0.6) is 11.5 Å². The van der Waals surface area contributed by atoms with Crippen LogP contribution in [0.1, 0.15) is 30.5 Å². The Bertz CT molecular complexity index is 1510. The van der Waals surface area contributed by atoms with E-state index in [9.17, 15) is 18.0 Å². The molecule has 5 rings (SSSR count). The zero-order valence-corrected chi connectivity index (χ0v) is 24.0. The van der Waals surface area contributed by atoms with Crippen LogP contribution < -0.4 is 19.3 Å². The number of hydrogen-bond donors (Lipinski definition) is 0. The fourth-order valence-electron chi connectivity index (χ4n) is 5.46. The summed E-state index contributed by atoms with van der Waals surface area (Å²) in [5, 5.41) is 0. The van der Waals surface area contributed by atoms with E-state index in [0.717, 1.165) is 17.8 Å². The molecule has 0 bridgehead atoms. The second-order valence-corrected chi connectivity index (χ2v) is 10.0. The highest BCUT2D eigenvalue weighted by Gasteiger charge is 2.40. The van der Waals surface area contributed by atoms with Gasteiger partial charge in [-0.3, -0.25) is 4.79 Å². The largest absolute Gasteiger partial charge is 0.497 e. The number of esters is 1. The second-order valence-electron chi connectivity index (χ2n) is 10.0. The Labute approximate surface area is 247 Å². The number of carbonyl (C=O) groups is 1. The van der Waals surface area contributed by atoms with Gasteiger partial charge in [0, 0.05) is 43.5 Å². The quantitative estimate of drug-likeness (QED) is 0.237. The molecule has 3 aromatic carbocycles. The van der Waals surface area contributed by atoms with E-state index in [0.29, 0.717) is 37.5 Å². The number of rotatable bonds is 7. The molecule has 1 unspecified atom stereocenters. The number of benzene rings is 3. The predicted octanol–water partition coefficient (Wildman–Crippen LogP) is 6.19. The monoisotopic (exact) mass is 600 g/mol. The molecule has 1 saturated heterocycles. The first-order valence-electron chi connectivity index (χ1n) is 13.9. The molecule has 0 spiro atoms. The van der Waals surface area contributed by atoms with Crippen molar-refractivity contribution in [2.45, 2.75) is 25.6 Å². The summed E-state index contributed by atoms with van der Waals surface area (Å²) in [4.78, 5) is 23.2. The van der Waals surface area contributed by atoms with Crippen molar-refractivity contribution in [2.75, 3.05) is 56.8 Å². The average Bonchev–Trinajstić information content (AvgIpc) is 3.00. The van der Waals surface area contributed by atoms with Crippen LogP contribution >= 0.6 is 0 Å². The fourth-order valence-corrected chi connectivity index (χ4v) is 5.46. The van der Waals surface area contributed by atoms with Gasteiger partial charge in [0.25, 0.3) is 0 Å². The minimum Gasteiger partial charge on any atom is -0.497 e. The number of methoxy groups -OCH3 is 2. The summed E-state index contributed by atoms with van der Waals surface area (Å²) >= 11 is 0. The molecule has 1 atom stereocenters. The molecule has 0 N–H and O–H groups in total. The SMILES string of the molecule is CCOC(=O)CC1c2cccc(F)c2N=C(N2CCN(c3cccc(OC)c3)CC2)N1c1cc(C(F)(F)F)ccc1OC. The van der Waals surface area contributed by atoms with Crippen molar-refractivity contribution in [2.24, 2.45) is 4.99 Å². The van der Waals surface area contributed by atoms with Gasteiger partial charge in [0.05, 0.1) is 44.5 Å². The second kappa shape index (κ2) is 12.4. The Hall–Kier alpha value is -4.48. The number of nitrogens with zero attached hydrogens (tertiary/aromatic N) is 4. The van der Waals surface area contributed by atoms with E-state index >= 15 is 4.39 Å². The number of anilines is 2. The van der Waals surface area contributed by atoms with Crippen LogP contribution in [0.4, 0.5) is 34.6 Å². The maximum absolute atomic E-state index is 15.3. The summed E-state index contributed by atoms with van der Waals surface area (Å²) in [5.41, 5.74) is 0.494. The number of fused-ring (bicyclic) bond motifs is 1. The van der Waals surface area contributed by atoms with E-state index in [-0.39, 0.29) is 36.1 Å². The van der Waals surface area contributed by atoms with E-state index in [1.165, 1.54) is 25.3 Å². The minimum atomic E-state index is -4.64. The predicted molar refractivity (Wildman–Crippen MR) is 155 cm³/mol. The molecule has 1 fully saturated rings. The van der Waals surface area contributed by atoms with Gasteiger partial charge in [0.15, 0.2) is 0 Å².